The summed E-state index contributed by atoms with van der Waals surface area (Å²) in [6.45, 7) is 1.91. The van der Waals surface area contributed by atoms with E-state index >= 15 is 0 Å². The first kappa shape index (κ1) is 23.1. The van der Waals surface area contributed by atoms with Crippen molar-refractivity contribution in [2.45, 2.75) is 67.7 Å². The molecule has 3 heterocycles. The zero-order chi connectivity index (χ0) is 25.8. The minimum absolute atomic E-state index is 0.00329. The summed E-state index contributed by atoms with van der Waals surface area (Å²) in [5.41, 5.74) is 0.697. The van der Waals surface area contributed by atoms with Crippen molar-refractivity contribution in [2.24, 2.45) is 5.92 Å². The van der Waals surface area contributed by atoms with E-state index in [1.807, 2.05) is 30.3 Å². The van der Waals surface area contributed by atoms with Gasteiger partial charge < -0.3 is 20.3 Å². The Bertz CT molecular complexity index is 1510. The van der Waals surface area contributed by atoms with Gasteiger partial charge in [0.05, 0.1) is 17.1 Å². The van der Waals surface area contributed by atoms with E-state index in [-0.39, 0.29) is 29.4 Å². The number of pyridine rings is 1. The van der Waals surface area contributed by atoms with Gasteiger partial charge in [0.2, 0.25) is 0 Å². The number of hydrogen-bond acceptors (Lipinski definition) is 6. The standard InChI is InChI=1S/C30H30ClN3O4/c31-27-19-4-2-1-3-17(19)13-21(32-27)28(36)33-20-9-10-30(37)23-14-18-7-8-22(35)25-24(18)29(30,26(20)38-25)11-12-34(23)15-16-5-6-16/h1-4,7-8,13,16,20,23,26,35,37H,5-6,9-12,14-15H2,(H,33,36)/t20-,23-,26+,29+,30-/m1/s1. The van der Waals surface area contributed by atoms with E-state index in [9.17, 15) is 15.0 Å². The molecule has 5 atom stereocenters. The molecule has 196 valence electrons. The monoisotopic (exact) mass is 531 g/mol. The number of aromatic hydroxyl groups is 1. The Kier molecular flexibility index (Phi) is 4.76. The first-order valence-corrected chi connectivity index (χ1v) is 14.1. The minimum atomic E-state index is -0.984. The molecule has 1 amide bonds. The number of nitrogens with one attached hydrogen (secondary N) is 1. The van der Waals surface area contributed by atoms with E-state index in [1.54, 1.807) is 12.1 Å². The van der Waals surface area contributed by atoms with E-state index in [4.69, 9.17) is 16.3 Å². The van der Waals surface area contributed by atoms with Gasteiger partial charge in [-0.25, -0.2) is 4.98 Å². The molecule has 3 N–H and O–H groups in total. The van der Waals surface area contributed by atoms with Crippen molar-refractivity contribution in [1.29, 1.82) is 0 Å². The van der Waals surface area contributed by atoms with Crippen LogP contribution in [0.2, 0.25) is 5.15 Å². The number of nitrogens with zero attached hydrogens (tertiary/aromatic N) is 2. The molecule has 3 aromatic rings. The molecule has 7 nitrogen and oxygen atoms in total. The molecule has 3 aliphatic carbocycles. The second-order valence-electron chi connectivity index (χ2n) is 11.9. The molecule has 2 bridgehead atoms. The lowest BCUT2D eigenvalue weighted by Gasteiger charge is -2.64. The number of benzene rings is 2. The zero-order valence-electron chi connectivity index (χ0n) is 21.0. The topological polar surface area (TPSA) is 94.9 Å². The Morgan fingerprint density at radius 2 is 2.03 bits per heavy atom. The summed E-state index contributed by atoms with van der Waals surface area (Å²) in [7, 11) is 0. The van der Waals surface area contributed by atoms with Gasteiger partial charge in [0.15, 0.2) is 11.5 Å². The van der Waals surface area contributed by atoms with E-state index < -0.39 is 17.1 Å². The molecule has 0 radical (unpaired) electrons. The van der Waals surface area contributed by atoms with Crippen LogP contribution in [0.3, 0.4) is 0 Å². The summed E-state index contributed by atoms with van der Waals surface area (Å²) >= 11 is 6.42. The Morgan fingerprint density at radius 3 is 2.87 bits per heavy atom. The number of hydrogen-bond donors (Lipinski definition) is 3. The van der Waals surface area contributed by atoms with E-state index in [2.05, 4.69) is 15.2 Å². The number of carbonyl (C=O) groups excluding carboxylic acids is 1. The molecule has 2 aliphatic heterocycles. The van der Waals surface area contributed by atoms with Crippen LogP contribution in [0.4, 0.5) is 0 Å². The molecular formula is C30H30ClN3O4. The number of phenolic OH excluding ortho intramolecular Hbond substituents is 1. The number of ether oxygens (including phenoxy) is 1. The van der Waals surface area contributed by atoms with Crippen molar-refractivity contribution in [3.63, 3.8) is 0 Å². The summed E-state index contributed by atoms with van der Waals surface area (Å²) in [6, 6.07) is 12.7. The lowest BCUT2D eigenvalue weighted by atomic mass is 9.48. The molecule has 1 spiro atoms. The second-order valence-corrected chi connectivity index (χ2v) is 12.3. The highest BCUT2D eigenvalue weighted by Gasteiger charge is 2.73. The molecule has 2 saturated carbocycles. The highest BCUT2D eigenvalue weighted by atomic mass is 35.5. The van der Waals surface area contributed by atoms with Crippen LogP contribution >= 0.6 is 11.6 Å². The summed E-state index contributed by atoms with van der Waals surface area (Å²) in [6.07, 6.45) is 4.68. The fourth-order valence-corrected chi connectivity index (χ4v) is 8.41. The maximum atomic E-state index is 13.5. The lowest BCUT2D eigenvalue weighted by molar-refractivity contribution is -0.191. The maximum absolute atomic E-state index is 13.5. The molecule has 2 aromatic carbocycles. The molecule has 8 heteroatoms. The number of carbonyl (C=O) groups is 1. The van der Waals surface area contributed by atoms with Crippen molar-refractivity contribution in [2.75, 3.05) is 13.1 Å². The number of aliphatic hydroxyl groups is 1. The van der Waals surface area contributed by atoms with Gasteiger partial charge in [0, 0.05) is 23.5 Å². The van der Waals surface area contributed by atoms with E-state index in [0.29, 0.717) is 23.7 Å². The maximum Gasteiger partial charge on any atom is 0.270 e. The van der Waals surface area contributed by atoms with Crippen LogP contribution in [-0.4, -0.2) is 62.9 Å². The Labute approximate surface area is 225 Å². The van der Waals surface area contributed by atoms with Gasteiger partial charge in [-0.1, -0.05) is 41.9 Å². The molecule has 3 fully saturated rings. The van der Waals surface area contributed by atoms with Crippen molar-refractivity contribution in [3.05, 3.63) is 64.4 Å². The largest absolute Gasteiger partial charge is 0.504 e. The fraction of sp³-hybridized carbons (Fsp3) is 0.467. The molecule has 0 unspecified atom stereocenters. The normalized spacial score (nSPS) is 33.1. The van der Waals surface area contributed by atoms with Crippen LogP contribution in [-0.2, 0) is 11.8 Å². The van der Waals surface area contributed by atoms with Gasteiger partial charge in [-0.15, -0.1) is 0 Å². The molecular weight excluding hydrogens is 502 g/mol. The number of likely N-dealkylation sites (tertiary alicyclic amines) is 1. The summed E-state index contributed by atoms with van der Waals surface area (Å²) in [4.78, 5) is 20.4. The van der Waals surface area contributed by atoms with Crippen molar-refractivity contribution >= 4 is 28.3 Å². The summed E-state index contributed by atoms with van der Waals surface area (Å²) in [5.74, 6) is 0.999. The summed E-state index contributed by atoms with van der Waals surface area (Å²) < 4.78 is 6.56. The SMILES string of the molecule is O=C(N[C@@H]1CC[C@@]2(O)[C@H]3Cc4ccc(O)c5c4[C@@]2(CCN3CC2CC2)[C@H]1O5)c1cc2ccccc2c(Cl)n1. The van der Waals surface area contributed by atoms with Gasteiger partial charge in [0.1, 0.15) is 17.0 Å². The number of aromatic nitrogens is 1. The summed E-state index contributed by atoms with van der Waals surface area (Å²) in [5, 5.41) is 28.5. The van der Waals surface area contributed by atoms with Gasteiger partial charge in [-0.2, -0.15) is 0 Å². The molecule has 5 aliphatic rings. The minimum Gasteiger partial charge on any atom is -0.504 e. The molecule has 1 saturated heterocycles. The van der Waals surface area contributed by atoms with Crippen LogP contribution in [0.15, 0.2) is 42.5 Å². The van der Waals surface area contributed by atoms with Crippen molar-refractivity contribution in [1.82, 2.24) is 15.2 Å². The average Bonchev–Trinajstić information content (AvgIpc) is 3.65. The van der Waals surface area contributed by atoms with Crippen LogP contribution in [0.1, 0.15) is 53.7 Å². The molecule has 8 rings (SSSR count). The van der Waals surface area contributed by atoms with Crippen LogP contribution in [0, 0.1) is 5.92 Å². The van der Waals surface area contributed by atoms with Crippen LogP contribution < -0.4 is 10.1 Å². The van der Waals surface area contributed by atoms with Gasteiger partial charge in [0.25, 0.3) is 5.91 Å². The Balaban J connectivity index is 1.18. The van der Waals surface area contributed by atoms with E-state index in [1.165, 1.54) is 12.8 Å². The third-order valence-electron chi connectivity index (χ3n) is 10.0. The zero-order valence-corrected chi connectivity index (χ0v) is 21.7. The number of fused-ring (bicyclic) bond motifs is 1. The number of rotatable bonds is 4. The van der Waals surface area contributed by atoms with Crippen LogP contribution in [0.25, 0.3) is 10.8 Å². The van der Waals surface area contributed by atoms with Gasteiger partial charge >= 0.3 is 0 Å². The van der Waals surface area contributed by atoms with Crippen molar-refractivity contribution in [3.8, 4) is 11.5 Å². The fourth-order valence-electron chi connectivity index (χ4n) is 8.14. The number of piperidine rings is 1. The smallest absolute Gasteiger partial charge is 0.270 e. The third kappa shape index (κ3) is 2.98. The highest BCUT2D eigenvalue weighted by Crippen LogP contribution is 2.65. The third-order valence-corrected chi connectivity index (χ3v) is 10.3. The predicted molar refractivity (Wildman–Crippen MR) is 143 cm³/mol. The predicted octanol–water partition coefficient (Wildman–Crippen LogP) is 3.96. The first-order chi connectivity index (χ1) is 18.4. The second kappa shape index (κ2) is 7.84. The molecule has 1 aromatic heterocycles. The van der Waals surface area contributed by atoms with E-state index in [0.717, 1.165) is 53.7 Å². The highest BCUT2D eigenvalue weighted by molar-refractivity contribution is 6.34. The Morgan fingerprint density at radius 1 is 1.18 bits per heavy atom. The van der Waals surface area contributed by atoms with Gasteiger partial charge in [-0.3, -0.25) is 9.69 Å². The number of halogens is 1. The molecule has 38 heavy (non-hydrogen) atoms. The van der Waals surface area contributed by atoms with Crippen LogP contribution in [0.5, 0.6) is 11.5 Å². The average molecular weight is 532 g/mol. The number of amides is 1. The van der Waals surface area contributed by atoms with Crippen molar-refractivity contribution < 1.29 is 19.7 Å². The quantitative estimate of drug-likeness (QED) is 0.441. The number of phenols is 1. The lowest BCUT2D eigenvalue weighted by Crippen LogP contribution is -2.78. The first-order valence-electron chi connectivity index (χ1n) is 13.7. The van der Waals surface area contributed by atoms with Gasteiger partial charge in [-0.05, 0) is 74.1 Å². The Hall–Kier alpha value is -2.87.